The second-order valence-electron chi connectivity index (χ2n) is 8.86. The number of benzene rings is 1. The first kappa shape index (κ1) is 23.7. The molecule has 0 aliphatic heterocycles. The van der Waals surface area contributed by atoms with Crippen molar-refractivity contribution in [3.05, 3.63) is 48.0 Å². The zero-order valence-corrected chi connectivity index (χ0v) is 18.5. The molecule has 2 atom stereocenters. The van der Waals surface area contributed by atoms with Gasteiger partial charge in [0.2, 0.25) is 0 Å². The summed E-state index contributed by atoms with van der Waals surface area (Å²) in [6.45, 7) is 14.8. The van der Waals surface area contributed by atoms with Crippen LogP contribution in [-0.2, 0) is 14.3 Å². The SMILES string of the molecule is C/C=C/[C@H](CC(=O)OC(C)(C)C)N(C(=O)OC(C)(C)C)[C@H](C)c1ccccc1. The molecule has 28 heavy (non-hydrogen) atoms. The van der Waals surface area contributed by atoms with Crippen molar-refractivity contribution in [3.63, 3.8) is 0 Å². The third-order valence-corrected chi connectivity index (χ3v) is 3.87. The summed E-state index contributed by atoms with van der Waals surface area (Å²) in [4.78, 5) is 27.2. The number of amides is 1. The summed E-state index contributed by atoms with van der Waals surface area (Å²) >= 11 is 0. The molecule has 1 aromatic rings. The molecule has 0 bridgehead atoms. The van der Waals surface area contributed by atoms with Gasteiger partial charge >= 0.3 is 12.1 Å². The summed E-state index contributed by atoms with van der Waals surface area (Å²) in [5.41, 5.74) is -0.260. The van der Waals surface area contributed by atoms with Crippen molar-refractivity contribution in [1.29, 1.82) is 0 Å². The van der Waals surface area contributed by atoms with Gasteiger partial charge < -0.3 is 9.47 Å². The van der Waals surface area contributed by atoms with Crippen LogP contribution >= 0.6 is 0 Å². The average molecular weight is 390 g/mol. The fourth-order valence-electron chi connectivity index (χ4n) is 2.82. The van der Waals surface area contributed by atoms with Crippen LogP contribution in [0.4, 0.5) is 4.79 Å². The van der Waals surface area contributed by atoms with Crippen molar-refractivity contribution < 1.29 is 19.1 Å². The number of rotatable bonds is 6. The Labute approximate surface area is 169 Å². The molecule has 0 saturated carbocycles. The van der Waals surface area contributed by atoms with Gasteiger partial charge in [-0.15, -0.1) is 0 Å². The van der Waals surface area contributed by atoms with E-state index >= 15 is 0 Å². The number of hydrogen-bond donors (Lipinski definition) is 0. The van der Waals surface area contributed by atoms with Crippen LogP contribution in [0.1, 0.15) is 73.4 Å². The second kappa shape index (κ2) is 9.76. The molecular formula is C23H35NO4. The van der Waals surface area contributed by atoms with Gasteiger partial charge in [-0.25, -0.2) is 4.79 Å². The number of esters is 1. The van der Waals surface area contributed by atoms with Crippen LogP contribution in [0.15, 0.2) is 42.5 Å². The van der Waals surface area contributed by atoms with Crippen LogP contribution in [0.3, 0.4) is 0 Å². The van der Waals surface area contributed by atoms with E-state index in [0.717, 1.165) is 5.56 Å². The Morgan fingerprint density at radius 1 is 1.00 bits per heavy atom. The van der Waals surface area contributed by atoms with E-state index in [9.17, 15) is 9.59 Å². The van der Waals surface area contributed by atoms with Gasteiger partial charge in [0.1, 0.15) is 11.2 Å². The number of ether oxygens (including phenoxy) is 2. The first-order valence-corrected chi connectivity index (χ1v) is 9.75. The molecule has 0 radical (unpaired) electrons. The monoisotopic (exact) mass is 389 g/mol. The fourth-order valence-corrected chi connectivity index (χ4v) is 2.82. The van der Waals surface area contributed by atoms with E-state index in [1.807, 2.05) is 97.9 Å². The quantitative estimate of drug-likeness (QED) is 0.465. The lowest BCUT2D eigenvalue weighted by Crippen LogP contribution is -2.45. The van der Waals surface area contributed by atoms with Gasteiger partial charge in [-0.05, 0) is 61.0 Å². The molecule has 1 aromatic carbocycles. The van der Waals surface area contributed by atoms with Crippen LogP contribution in [0, 0.1) is 0 Å². The van der Waals surface area contributed by atoms with E-state index < -0.39 is 23.3 Å². The van der Waals surface area contributed by atoms with Crippen LogP contribution in [-0.4, -0.2) is 34.2 Å². The van der Waals surface area contributed by atoms with Gasteiger partial charge in [0.25, 0.3) is 0 Å². The maximum Gasteiger partial charge on any atom is 0.411 e. The molecule has 5 heteroatoms. The first-order valence-electron chi connectivity index (χ1n) is 9.75. The molecule has 0 spiro atoms. The highest BCUT2D eigenvalue weighted by molar-refractivity contribution is 5.74. The molecule has 5 nitrogen and oxygen atoms in total. The molecule has 0 aromatic heterocycles. The van der Waals surface area contributed by atoms with Crippen molar-refractivity contribution in [2.24, 2.45) is 0 Å². The lowest BCUT2D eigenvalue weighted by Gasteiger charge is -2.36. The Morgan fingerprint density at radius 3 is 2.00 bits per heavy atom. The average Bonchev–Trinajstić information content (AvgIpc) is 2.52. The summed E-state index contributed by atoms with van der Waals surface area (Å²) in [7, 11) is 0. The van der Waals surface area contributed by atoms with E-state index in [1.54, 1.807) is 4.90 Å². The summed E-state index contributed by atoms with van der Waals surface area (Å²) in [5, 5.41) is 0. The maximum atomic E-state index is 13.1. The topological polar surface area (TPSA) is 55.8 Å². The molecule has 0 saturated heterocycles. The molecule has 156 valence electrons. The molecule has 1 amide bonds. The van der Waals surface area contributed by atoms with Crippen LogP contribution in [0.2, 0.25) is 0 Å². The molecule has 0 aliphatic carbocycles. The molecule has 0 fully saturated rings. The van der Waals surface area contributed by atoms with Crippen molar-refractivity contribution in [2.75, 3.05) is 0 Å². The van der Waals surface area contributed by atoms with Crippen molar-refractivity contribution in [1.82, 2.24) is 4.90 Å². The minimum absolute atomic E-state index is 0.0536. The largest absolute Gasteiger partial charge is 0.460 e. The van der Waals surface area contributed by atoms with Crippen LogP contribution in [0.25, 0.3) is 0 Å². The molecule has 0 aliphatic rings. The third kappa shape index (κ3) is 8.15. The number of carbonyl (C=O) groups is 2. The minimum atomic E-state index is -0.641. The lowest BCUT2D eigenvalue weighted by atomic mass is 10.0. The van der Waals surface area contributed by atoms with Gasteiger partial charge in [0.05, 0.1) is 18.5 Å². The Morgan fingerprint density at radius 2 is 1.54 bits per heavy atom. The maximum absolute atomic E-state index is 13.1. The van der Waals surface area contributed by atoms with E-state index in [-0.39, 0.29) is 18.4 Å². The van der Waals surface area contributed by atoms with Gasteiger partial charge in [0, 0.05) is 0 Å². The first-order chi connectivity index (χ1) is 12.8. The third-order valence-electron chi connectivity index (χ3n) is 3.87. The second-order valence-corrected chi connectivity index (χ2v) is 8.86. The fraction of sp³-hybridized carbons (Fsp3) is 0.565. The van der Waals surface area contributed by atoms with E-state index in [1.165, 1.54) is 0 Å². The molecule has 1 rings (SSSR count). The van der Waals surface area contributed by atoms with Gasteiger partial charge in [-0.3, -0.25) is 9.69 Å². The smallest absolute Gasteiger partial charge is 0.411 e. The Bertz CT molecular complexity index is 668. The summed E-state index contributed by atoms with van der Waals surface area (Å²) < 4.78 is 11.1. The lowest BCUT2D eigenvalue weighted by molar-refractivity contribution is -0.155. The highest BCUT2D eigenvalue weighted by atomic mass is 16.6. The zero-order chi connectivity index (χ0) is 21.5. The molecule has 0 heterocycles. The Hall–Kier alpha value is -2.30. The van der Waals surface area contributed by atoms with Gasteiger partial charge in [-0.1, -0.05) is 42.5 Å². The number of nitrogens with zero attached hydrogens (tertiary/aromatic N) is 1. The van der Waals surface area contributed by atoms with Crippen LogP contribution in [0.5, 0.6) is 0 Å². The van der Waals surface area contributed by atoms with E-state index in [4.69, 9.17) is 9.47 Å². The van der Waals surface area contributed by atoms with Gasteiger partial charge in [0.15, 0.2) is 0 Å². The summed E-state index contributed by atoms with van der Waals surface area (Å²) in [5.74, 6) is -0.357. The highest BCUT2D eigenvalue weighted by Crippen LogP contribution is 2.27. The van der Waals surface area contributed by atoms with Crippen molar-refractivity contribution in [2.45, 2.75) is 85.1 Å². The minimum Gasteiger partial charge on any atom is -0.460 e. The zero-order valence-electron chi connectivity index (χ0n) is 18.5. The summed E-state index contributed by atoms with van der Waals surface area (Å²) in [6, 6.07) is 8.95. The van der Waals surface area contributed by atoms with Crippen LogP contribution < -0.4 is 0 Å². The van der Waals surface area contributed by atoms with Crippen molar-refractivity contribution in [3.8, 4) is 0 Å². The van der Waals surface area contributed by atoms with E-state index in [0.29, 0.717) is 0 Å². The molecule has 0 N–H and O–H groups in total. The Kier molecular flexibility index (Phi) is 8.28. The molecule has 0 unspecified atom stereocenters. The number of hydrogen-bond acceptors (Lipinski definition) is 4. The normalized spacial score (nSPS) is 14.4. The number of allylic oxidation sites excluding steroid dienone is 1. The summed E-state index contributed by atoms with van der Waals surface area (Å²) in [6.07, 6.45) is 3.27. The number of carbonyl (C=O) groups excluding carboxylic acids is 2. The predicted octanol–water partition coefficient (Wildman–Crippen LogP) is 5.66. The van der Waals surface area contributed by atoms with Gasteiger partial charge in [-0.2, -0.15) is 0 Å². The molecular weight excluding hydrogens is 354 g/mol. The standard InChI is InChI=1S/C23H35NO4/c1-9-13-19(16-20(25)27-22(3,4)5)24(21(26)28-23(6,7)8)17(2)18-14-11-10-12-15-18/h9-15,17,19H,16H2,1-8H3/b13-9+/t17-,19-/m1/s1. The van der Waals surface area contributed by atoms with Crippen molar-refractivity contribution >= 4 is 12.1 Å². The predicted molar refractivity (Wildman–Crippen MR) is 112 cm³/mol. The van der Waals surface area contributed by atoms with E-state index in [2.05, 4.69) is 0 Å². The Balaban J connectivity index is 3.23. The highest BCUT2D eigenvalue weighted by Gasteiger charge is 2.33.